The van der Waals surface area contributed by atoms with Crippen molar-refractivity contribution in [3.8, 4) is 11.8 Å². The number of nitrogen functional groups attached to an aromatic ring is 1. The summed E-state index contributed by atoms with van der Waals surface area (Å²) in [5.41, 5.74) is 6.57. The van der Waals surface area contributed by atoms with Crippen LogP contribution in [0.4, 0.5) is 5.82 Å². The molecule has 2 fully saturated rings. The summed E-state index contributed by atoms with van der Waals surface area (Å²) in [6, 6.07) is 0. The fourth-order valence-electron chi connectivity index (χ4n) is 4.45. The lowest BCUT2D eigenvalue weighted by molar-refractivity contribution is -0.143. The molecule has 1 aliphatic heterocycles. The summed E-state index contributed by atoms with van der Waals surface area (Å²) in [4.78, 5) is 36.0. The summed E-state index contributed by atoms with van der Waals surface area (Å²) < 4.78 is 7.05. The van der Waals surface area contributed by atoms with E-state index in [1.165, 1.54) is 10.9 Å². The van der Waals surface area contributed by atoms with E-state index >= 15 is 0 Å². The summed E-state index contributed by atoms with van der Waals surface area (Å²) in [7, 11) is 0. The Balaban J connectivity index is 1.52. The van der Waals surface area contributed by atoms with Crippen molar-refractivity contribution < 1.29 is 29.6 Å². The second-order valence-corrected chi connectivity index (χ2v) is 8.64. The van der Waals surface area contributed by atoms with Crippen LogP contribution in [0.2, 0.25) is 0 Å². The van der Waals surface area contributed by atoms with E-state index in [1.807, 2.05) is 0 Å². The van der Waals surface area contributed by atoms with E-state index in [-0.39, 0.29) is 28.7 Å². The van der Waals surface area contributed by atoms with Crippen LogP contribution < -0.4 is 11.1 Å². The molecule has 4 atom stereocenters. The highest BCUT2D eigenvalue weighted by Gasteiger charge is 2.47. The Morgan fingerprint density at radius 1 is 1.24 bits per heavy atom. The van der Waals surface area contributed by atoms with E-state index in [2.05, 4.69) is 32.1 Å². The van der Waals surface area contributed by atoms with Crippen molar-refractivity contribution in [3.63, 3.8) is 0 Å². The normalized spacial score (nSPS) is 28.9. The first-order valence-electron chi connectivity index (χ1n) is 11.3. The molecule has 182 valence electrons. The summed E-state index contributed by atoms with van der Waals surface area (Å²) in [5, 5.41) is 32.5. The number of fused-ring (bicyclic) bond motifs is 1. The molecule has 2 aromatic rings. The van der Waals surface area contributed by atoms with Crippen molar-refractivity contribution in [3.05, 3.63) is 12.2 Å². The molecule has 3 heterocycles. The van der Waals surface area contributed by atoms with Gasteiger partial charge in [-0.2, -0.15) is 0 Å². The van der Waals surface area contributed by atoms with Gasteiger partial charge in [0, 0.05) is 13.0 Å². The van der Waals surface area contributed by atoms with E-state index in [9.17, 15) is 19.8 Å². The Morgan fingerprint density at radius 2 is 1.97 bits per heavy atom. The first kappa shape index (κ1) is 23.9. The van der Waals surface area contributed by atoms with Crippen LogP contribution in [0.1, 0.15) is 51.1 Å². The van der Waals surface area contributed by atoms with Gasteiger partial charge in [-0.15, -0.1) is 0 Å². The minimum atomic E-state index is -1.43. The van der Waals surface area contributed by atoms with Gasteiger partial charge in [0.1, 0.15) is 17.7 Å². The summed E-state index contributed by atoms with van der Waals surface area (Å²) in [5.74, 6) is 5.02. The predicted octanol–water partition coefficient (Wildman–Crippen LogP) is -0.204. The van der Waals surface area contributed by atoms with Crippen molar-refractivity contribution in [1.29, 1.82) is 0 Å². The minimum Gasteiger partial charge on any atom is -0.481 e. The Kier molecular flexibility index (Phi) is 6.97. The van der Waals surface area contributed by atoms with Crippen LogP contribution in [-0.2, 0) is 14.3 Å². The molecule has 1 saturated carbocycles. The maximum absolute atomic E-state index is 12.2. The second-order valence-electron chi connectivity index (χ2n) is 8.64. The Hall–Kier alpha value is -3.27. The number of aliphatic hydroxyl groups is 2. The third kappa shape index (κ3) is 4.68. The first-order valence-corrected chi connectivity index (χ1v) is 11.3. The van der Waals surface area contributed by atoms with Gasteiger partial charge in [-0.3, -0.25) is 14.2 Å². The van der Waals surface area contributed by atoms with E-state index in [0.29, 0.717) is 31.7 Å². The van der Waals surface area contributed by atoms with Crippen molar-refractivity contribution in [1.82, 2.24) is 24.8 Å². The van der Waals surface area contributed by atoms with Crippen LogP contribution in [-0.4, -0.2) is 71.6 Å². The number of ether oxygens (including phenoxy) is 1. The molecule has 12 heteroatoms. The fourth-order valence-corrected chi connectivity index (χ4v) is 4.45. The van der Waals surface area contributed by atoms with Gasteiger partial charge in [-0.05, 0) is 44.4 Å². The van der Waals surface area contributed by atoms with Gasteiger partial charge >= 0.3 is 5.97 Å². The number of carbonyl (C=O) groups excluding carboxylic acids is 1. The molecule has 0 bridgehead atoms. The Bertz CT molecular complexity index is 1130. The van der Waals surface area contributed by atoms with Crippen molar-refractivity contribution in [2.75, 3.05) is 12.3 Å². The standard InChI is InChI=1S/C22H28N6O6/c1-2-24-20(31)17-15(29)16(30)21(34-17)28-10-25-14-18(23)26-13(27-19(14)28)5-3-4-11-6-8-12(9-7-11)22(32)33/h10-12,15-17,21,29-30H,2,4,6-9H2,1H3,(H,24,31)(H,32,33)(H2,23,26,27)/t11-,12-,15?,16-,17-,21+/m0/s1. The average Bonchev–Trinajstić information content (AvgIpc) is 3.36. The molecule has 1 unspecified atom stereocenters. The van der Waals surface area contributed by atoms with Crippen molar-refractivity contribution in [2.24, 2.45) is 11.8 Å². The number of hydrogen-bond donors (Lipinski definition) is 5. The smallest absolute Gasteiger partial charge is 0.306 e. The molecular weight excluding hydrogens is 444 g/mol. The van der Waals surface area contributed by atoms with Crippen LogP contribution in [0.25, 0.3) is 11.2 Å². The quantitative estimate of drug-likeness (QED) is 0.365. The molecule has 1 saturated heterocycles. The highest BCUT2D eigenvalue weighted by Crippen LogP contribution is 2.33. The zero-order valence-electron chi connectivity index (χ0n) is 18.7. The van der Waals surface area contributed by atoms with Crippen LogP contribution in [0, 0.1) is 23.7 Å². The van der Waals surface area contributed by atoms with E-state index in [0.717, 1.165) is 12.8 Å². The number of carbonyl (C=O) groups is 2. The lowest BCUT2D eigenvalue weighted by Gasteiger charge is -2.24. The number of aliphatic hydroxyl groups excluding tert-OH is 2. The number of nitrogens with zero attached hydrogens (tertiary/aromatic N) is 4. The molecule has 12 nitrogen and oxygen atoms in total. The molecule has 2 aromatic heterocycles. The highest BCUT2D eigenvalue weighted by molar-refractivity contribution is 5.83. The molecule has 2 aliphatic rings. The Labute approximate surface area is 195 Å². The minimum absolute atomic E-state index is 0.100. The van der Waals surface area contributed by atoms with Gasteiger partial charge in [-0.1, -0.05) is 5.92 Å². The molecule has 0 spiro atoms. The number of aromatic nitrogens is 4. The molecule has 0 radical (unpaired) electrons. The number of carboxylic acids is 1. The second kappa shape index (κ2) is 9.92. The zero-order valence-corrected chi connectivity index (χ0v) is 18.7. The maximum Gasteiger partial charge on any atom is 0.306 e. The maximum atomic E-state index is 12.2. The number of carboxylic acid groups (broad SMARTS) is 1. The summed E-state index contributed by atoms with van der Waals surface area (Å²) in [6.45, 7) is 2.09. The average molecular weight is 473 g/mol. The van der Waals surface area contributed by atoms with E-state index in [4.69, 9.17) is 15.6 Å². The van der Waals surface area contributed by atoms with E-state index < -0.39 is 36.4 Å². The number of imidazole rings is 1. The van der Waals surface area contributed by atoms with Crippen molar-refractivity contribution >= 4 is 28.9 Å². The summed E-state index contributed by atoms with van der Waals surface area (Å²) >= 11 is 0. The highest BCUT2D eigenvalue weighted by atomic mass is 16.6. The van der Waals surface area contributed by atoms with E-state index in [1.54, 1.807) is 6.92 Å². The number of rotatable bonds is 5. The molecule has 34 heavy (non-hydrogen) atoms. The van der Waals surface area contributed by atoms with Gasteiger partial charge < -0.3 is 31.1 Å². The fraction of sp³-hybridized carbons (Fsp3) is 0.591. The van der Waals surface area contributed by atoms with Gasteiger partial charge in [0.05, 0.1) is 12.2 Å². The molecule has 1 amide bonds. The number of nitrogens with two attached hydrogens (primary N) is 1. The lowest BCUT2D eigenvalue weighted by Crippen LogP contribution is -2.42. The number of anilines is 1. The molecule has 1 aliphatic carbocycles. The van der Waals surface area contributed by atoms with Crippen LogP contribution in [0.5, 0.6) is 0 Å². The number of hydrogen-bond acceptors (Lipinski definition) is 9. The van der Waals surface area contributed by atoms with Gasteiger partial charge in [0.15, 0.2) is 23.8 Å². The Morgan fingerprint density at radius 3 is 2.65 bits per heavy atom. The van der Waals surface area contributed by atoms with Crippen LogP contribution >= 0.6 is 0 Å². The first-order chi connectivity index (χ1) is 16.3. The van der Waals surface area contributed by atoms with Gasteiger partial charge in [-0.25, -0.2) is 15.0 Å². The predicted molar refractivity (Wildman–Crippen MR) is 119 cm³/mol. The van der Waals surface area contributed by atoms with Crippen molar-refractivity contribution in [2.45, 2.75) is 63.6 Å². The van der Waals surface area contributed by atoms with Crippen LogP contribution in [0.3, 0.4) is 0 Å². The SMILES string of the molecule is CCNC(=O)[C@H]1O[C@@H](n2cnc3c(N)nc(C#CC[C@H]4CC[C@H](C(=O)O)CC4)nc32)[C@@H](O)C1O. The topological polar surface area (TPSA) is 186 Å². The molecule has 0 aromatic carbocycles. The summed E-state index contributed by atoms with van der Waals surface area (Å²) in [6.07, 6.45) is -0.281. The number of aliphatic carboxylic acids is 1. The van der Waals surface area contributed by atoms with Gasteiger partial charge in [0.25, 0.3) is 5.91 Å². The number of likely N-dealkylation sites (N-methyl/N-ethyl adjacent to an activating group) is 1. The molecule has 6 N–H and O–H groups in total. The largest absolute Gasteiger partial charge is 0.481 e. The molecular formula is C22H28N6O6. The number of nitrogens with one attached hydrogen (secondary N) is 1. The molecule has 4 rings (SSSR count). The lowest BCUT2D eigenvalue weighted by atomic mass is 9.81. The van der Waals surface area contributed by atoms with Gasteiger partial charge in [0.2, 0.25) is 5.82 Å². The number of amides is 1. The third-order valence-electron chi connectivity index (χ3n) is 6.36. The zero-order chi connectivity index (χ0) is 24.4. The third-order valence-corrected chi connectivity index (χ3v) is 6.36. The van der Waals surface area contributed by atoms with Crippen LogP contribution in [0.15, 0.2) is 6.33 Å². The monoisotopic (exact) mass is 472 g/mol.